The number of aromatic nitrogens is 2. The number of imidazole rings is 1. The lowest BCUT2D eigenvalue weighted by atomic mass is 10.1. The average molecular weight is 487 g/mol. The molecule has 1 atom stereocenters. The molecule has 2 heterocycles. The molecule has 0 saturated carbocycles. The summed E-state index contributed by atoms with van der Waals surface area (Å²) in [6.45, 7) is 3.82. The average Bonchev–Trinajstić information content (AvgIpc) is 3.19. The second kappa shape index (κ2) is 9.87. The first kappa shape index (κ1) is 23.8. The Balaban J connectivity index is 1.72. The maximum atomic E-state index is 13.2. The van der Waals surface area contributed by atoms with Crippen molar-refractivity contribution in [3.8, 4) is 0 Å². The minimum absolute atomic E-state index is 0.0192. The van der Waals surface area contributed by atoms with Crippen LogP contribution in [-0.2, 0) is 21.4 Å². The standard InChI is InChI=1S/C24H30N4O3S2/c1-4-28-21-14-13-19(33(30,31)27-15-9-6-10-16-27)17-20(21)25-24(28)32-22(23(29)26(2)3)18-11-7-5-8-12-18/h5,7-8,11-14,17,22H,4,6,9-10,15-16H2,1-3H3. The molecule has 0 spiro atoms. The normalized spacial score (nSPS) is 16.1. The summed E-state index contributed by atoms with van der Waals surface area (Å²) in [5.74, 6) is -0.0192. The van der Waals surface area contributed by atoms with Gasteiger partial charge in [0.25, 0.3) is 0 Å². The van der Waals surface area contributed by atoms with Crippen molar-refractivity contribution in [2.24, 2.45) is 0 Å². The molecule has 1 aromatic heterocycles. The van der Waals surface area contributed by atoms with E-state index in [-0.39, 0.29) is 10.8 Å². The Morgan fingerprint density at radius 1 is 1.09 bits per heavy atom. The highest BCUT2D eigenvalue weighted by atomic mass is 32.2. The van der Waals surface area contributed by atoms with Gasteiger partial charge in [-0.05, 0) is 43.5 Å². The van der Waals surface area contributed by atoms with Crippen molar-refractivity contribution in [1.29, 1.82) is 0 Å². The minimum atomic E-state index is -3.54. The summed E-state index contributed by atoms with van der Waals surface area (Å²) in [5, 5.41) is 0.254. The summed E-state index contributed by atoms with van der Waals surface area (Å²) in [6.07, 6.45) is 2.86. The fourth-order valence-electron chi connectivity index (χ4n) is 4.13. The predicted molar refractivity (Wildman–Crippen MR) is 132 cm³/mol. The molecule has 1 aliphatic heterocycles. The first-order valence-electron chi connectivity index (χ1n) is 11.3. The third kappa shape index (κ3) is 4.81. The van der Waals surface area contributed by atoms with Crippen molar-refractivity contribution in [3.05, 3.63) is 54.1 Å². The van der Waals surface area contributed by atoms with Gasteiger partial charge < -0.3 is 9.47 Å². The molecule has 176 valence electrons. The van der Waals surface area contributed by atoms with Gasteiger partial charge in [0, 0.05) is 33.7 Å². The zero-order valence-electron chi connectivity index (χ0n) is 19.3. The van der Waals surface area contributed by atoms with Gasteiger partial charge in [-0.2, -0.15) is 4.31 Å². The van der Waals surface area contributed by atoms with E-state index < -0.39 is 15.3 Å². The second-order valence-corrected chi connectivity index (χ2v) is 11.4. The highest BCUT2D eigenvalue weighted by Gasteiger charge is 2.28. The first-order chi connectivity index (χ1) is 15.8. The van der Waals surface area contributed by atoms with Crippen LogP contribution in [0.15, 0.2) is 58.6 Å². The number of amides is 1. The number of aryl methyl sites for hydroxylation is 1. The Labute approximate surface area is 199 Å². The first-order valence-corrected chi connectivity index (χ1v) is 13.6. The summed E-state index contributed by atoms with van der Waals surface area (Å²) in [4.78, 5) is 19.7. The zero-order valence-corrected chi connectivity index (χ0v) is 20.9. The number of likely N-dealkylation sites (N-methyl/N-ethyl adjacent to an activating group) is 1. The van der Waals surface area contributed by atoms with E-state index in [0.717, 1.165) is 30.3 Å². The third-order valence-electron chi connectivity index (χ3n) is 5.94. The molecule has 0 bridgehead atoms. The molecule has 0 aliphatic carbocycles. The summed E-state index contributed by atoms with van der Waals surface area (Å²) in [7, 11) is -0.0393. The maximum absolute atomic E-state index is 13.2. The van der Waals surface area contributed by atoms with Crippen molar-refractivity contribution in [2.75, 3.05) is 27.2 Å². The summed E-state index contributed by atoms with van der Waals surface area (Å²) >= 11 is 1.40. The largest absolute Gasteiger partial charge is 0.348 e. The Morgan fingerprint density at radius 3 is 2.42 bits per heavy atom. The molecule has 1 saturated heterocycles. The Morgan fingerprint density at radius 2 is 1.79 bits per heavy atom. The number of piperidine rings is 1. The van der Waals surface area contributed by atoms with Crippen LogP contribution in [0.4, 0.5) is 0 Å². The third-order valence-corrected chi connectivity index (χ3v) is 9.07. The van der Waals surface area contributed by atoms with Crippen LogP contribution in [0, 0.1) is 0 Å². The summed E-state index contributed by atoms with van der Waals surface area (Å²) in [6, 6.07) is 14.8. The topological polar surface area (TPSA) is 75.5 Å². The molecule has 2 aromatic carbocycles. The van der Waals surface area contributed by atoms with Crippen LogP contribution in [-0.4, -0.2) is 60.3 Å². The smallest absolute Gasteiger partial charge is 0.243 e. The second-order valence-electron chi connectivity index (χ2n) is 8.40. The van der Waals surface area contributed by atoms with Crippen LogP contribution in [0.2, 0.25) is 0 Å². The maximum Gasteiger partial charge on any atom is 0.243 e. The fourth-order valence-corrected chi connectivity index (χ4v) is 6.99. The number of sulfonamides is 1. The van der Waals surface area contributed by atoms with E-state index in [9.17, 15) is 13.2 Å². The van der Waals surface area contributed by atoms with Crippen molar-refractivity contribution in [2.45, 2.75) is 48.0 Å². The van der Waals surface area contributed by atoms with Crippen LogP contribution in [0.25, 0.3) is 11.0 Å². The molecule has 0 N–H and O–H groups in total. The van der Waals surface area contributed by atoms with Gasteiger partial charge in [0.05, 0.1) is 15.9 Å². The molecular formula is C24H30N4O3S2. The van der Waals surface area contributed by atoms with Crippen LogP contribution >= 0.6 is 11.8 Å². The zero-order chi connectivity index (χ0) is 23.6. The molecule has 7 nitrogen and oxygen atoms in total. The van der Waals surface area contributed by atoms with Gasteiger partial charge in [-0.3, -0.25) is 4.79 Å². The molecule has 33 heavy (non-hydrogen) atoms. The fraction of sp³-hybridized carbons (Fsp3) is 0.417. The predicted octanol–water partition coefficient (Wildman–Crippen LogP) is 4.15. The lowest BCUT2D eigenvalue weighted by Crippen LogP contribution is -2.35. The van der Waals surface area contributed by atoms with Gasteiger partial charge in [-0.25, -0.2) is 13.4 Å². The number of nitrogens with zero attached hydrogens (tertiary/aromatic N) is 4. The van der Waals surface area contributed by atoms with Crippen molar-refractivity contribution in [3.63, 3.8) is 0 Å². The van der Waals surface area contributed by atoms with Crippen molar-refractivity contribution >= 4 is 38.7 Å². The van der Waals surface area contributed by atoms with E-state index in [4.69, 9.17) is 4.98 Å². The number of rotatable bonds is 7. The van der Waals surface area contributed by atoms with Gasteiger partial charge in [0.1, 0.15) is 5.25 Å². The molecule has 1 fully saturated rings. The van der Waals surface area contributed by atoms with E-state index in [1.807, 2.05) is 47.9 Å². The Hall–Kier alpha value is -2.36. The minimum Gasteiger partial charge on any atom is -0.348 e. The molecule has 4 rings (SSSR count). The van der Waals surface area contributed by atoms with E-state index in [1.54, 1.807) is 35.4 Å². The lowest BCUT2D eigenvalue weighted by molar-refractivity contribution is -0.128. The number of hydrogen-bond donors (Lipinski definition) is 0. The lowest BCUT2D eigenvalue weighted by Gasteiger charge is -2.25. The highest BCUT2D eigenvalue weighted by molar-refractivity contribution is 8.00. The van der Waals surface area contributed by atoms with Crippen LogP contribution in [0.3, 0.4) is 0 Å². The Bertz CT molecular complexity index is 1230. The number of fused-ring (bicyclic) bond motifs is 1. The van der Waals surface area contributed by atoms with E-state index >= 15 is 0 Å². The van der Waals surface area contributed by atoms with Gasteiger partial charge in [0.15, 0.2) is 5.16 Å². The molecule has 9 heteroatoms. The number of carbonyl (C=O) groups is 1. The van der Waals surface area contributed by atoms with Gasteiger partial charge >= 0.3 is 0 Å². The molecule has 1 aliphatic rings. The number of carbonyl (C=O) groups excluding carboxylic acids is 1. The highest BCUT2D eigenvalue weighted by Crippen LogP contribution is 2.38. The van der Waals surface area contributed by atoms with Crippen LogP contribution in [0.1, 0.15) is 37.0 Å². The molecule has 0 radical (unpaired) electrons. The molecule has 1 unspecified atom stereocenters. The van der Waals surface area contributed by atoms with E-state index in [0.29, 0.717) is 30.3 Å². The monoisotopic (exact) mass is 486 g/mol. The Kier molecular flexibility index (Phi) is 7.11. The quantitative estimate of drug-likeness (QED) is 0.469. The summed E-state index contributed by atoms with van der Waals surface area (Å²) in [5.41, 5.74) is 2.40. The number of thioether (sulfide) groups is 1. The van der Waals surface area contributed by atoms with Gasteiger partial charge in [-0.15, -0.1) is 0 Å². The SMILES string of the molecule is CCn1c(SC(C(=O)N(C)C)c2ccccc2)nc2cc(S(=O)(=O)N3CCCCC3)ccc21. The summed E-state index contributed by atoms with van der Waals surface area (Å²) < 4.78 is 29.9. The number of benzene rings is 2. The van der Waals surface area contributed by atoms with Crippen molar-refractivity contribution in [1.82, 2.24) is 18.8 Å². The number of hydrogen-bond acceptors (Lipinski definition) is 5. The van der Waals surface area contributed by atoms with Gasteiger partial charge in [-0.1, -0.05) is 48.5 Å². The molecular weight excluding hydrogens is 456 g/mol. The molecule has 1 amide bonds. The van der Waals surface area contributed by atoms with Gasteiger partial charge in [0.2, 0.25) is 15.9 Å². The van der Waals surface area contributed by atoms with Crippen LogP contribution < -0.4 is 0 Å². The van der Waals surface area contributed by atoms with E-state index in [2.05, 4.69) is 0 Å². The molecule has 3 aromatic rings. The van der Waals surface area contributed by atoms with Crippen LogP contribution in [0.5, 0.6) is 0 Å². The van der Waals surface area contributed by atoms with E-state index in [1.165, 1.54) is 11.8 Å². The van der Waals surface area contributed by atoms with Crippen molar-refractivity contribution < 1.29 is 13.2 Å².